The van der Waals surface area contributed by atoms with Gasteiger partial charge in [-0.05, 0) is 11.5 Å². The summed E-state index contributed by atoms with van der Waals surface area (Å²) in [5.41, 5.74) is 5.70. The highest BCUT2D eigenvalue weighted by Gasteiger charge is 2.45. The molecule has 1 unspecified atom stereocenters. The molecule has 0 amide bonds. The number of benzene rings is 1. The molecule has 2 heterocycles. The first-order valence-electron chi connectivity index (χ1n) is 8.63. The second-order valence-corrected chi connectivity index (χ2v) is 7.72. The summed E-state index contributed by atoms with van der Waals surface area (Å²) >= 11 is 0. The zero-order valence-electron chi connectivity index (χ0n) is 15.3. The molecule has 9 heteroatoms. The first-order valence-corrected chi connectivity index (χ1v) is 8.63. The Morgan fingerprint density at radius 2 is 1.96 bits per heavy atom. The number of nitro benzene ring substituents is 1. The molecule has 144 valence electrons. The second kappa shape index (κ2) is 5.99. The number of Topliss-reactive ketones (excluding diaryl/α,β-unsaturated/α-hetero) is 1. The summed E-state index contributed by atoms with van der Waals surface area (Å²) in [5.74, 6) is -0.453. The minimum atomic E-state index is -0.993. The van der Waals surface area contributed by atoms with E-state index in [-0.39, 0.29) is 58.4 Å². The van der Waals surface area contributed by atoms with Crippen molar-refractivity contribution in [2.45, 2.75) is 32.6 Å². The van der Waals surface area contributed by atoms with Crippen LogP contribution in [0.5, 0.6) is 11.5 Å². The van der Waals surface area contributed by atoms with Crippen LogP contribution in [-0.2, 0) is 9.53 Å². The molecule has 0 aromatic heterocycles. The topological polar surface area (TPSA) is 138 Å². The van der Waals surface area contributed by atoms with Gasteiger partial charge in [-0.3, -0.25) is 14.9 Å². The van der Waals surface area contributed by atoms with Crippen LogP contribution in [0.3, 0.4) is 0 Å². The number of carbonyl (C=O) groups excluding carboxylic acids is 1. The summed E-state index contributed by atoms with van der Waals surface area (Å²) in [6.07, 6.45) is 0.672. The predicted molar refractivity (Wildman–Crippen MR) is 94.9 cm³/mol. The second-order valence-electron chi connectivity index (χ2n) is 7.72. The van der Waals surface area contributed by atoms with Gasteiger partial charge >= 0.3 is 0 Å². The Labute approximate surface area is 160 Å². The number of hydrogen-bond donors (Lipinski definition) is 1. The Balaban J connectivity index is 1.97. The zero-order chi connectivity index (χ0) is 20.2. The summed E-state index contributed by atoms with van der Waals surface area (Å²) in [6.45, 7) is 3.79. The van der Waals surface area contributed by atoms with Crippen molar-refractivity contribution < 1.29 is 23.9 Å². The lowest BCUT2D eigenvalue weighted by atomic mass is 9.70. The third-order valence-corrected chi connectivity index (χ3v) is 5.11. The van der Waals surface area contributed by atoms with Gasteiger partial charge in [0.2, 0.25) is 12.7 Å². The predicted octanol–water partition coefficient (Wildman–Crippen LogP) is 2.77. The molecular weight excluding hydrogens is 366 g/mol. The van der Waals surface area contributed by atoms with E-state index in [4.69, 9.17) is 19.9 Å². The van der Waals surface area contributed by atoms with E-state index in [1.807, 2.05) is 19.9 Å². The molecule has 0 bridgehead atoms. The van der Waals surface area contributed by atoms with Crippen molar-refractivity contribution in [3.63, 3.8) is 0 Å². The molecule has 9 nitrogen and oxygen atoms in total. The molecule has 1 aromatic rings. The molecular formula is C19H17N3O6. The van der Waals surface area contributed by atoms with E-state index in [1.54, 1.807) is 0 Å². The average Bonchev–Trinajstić information content (AvgIpc) is 3.05. The highest BCUT2D eigenvalue weighted by atomic mass is 16.7. The van der Waals surface area contributed by atoms with Gasteiger partial charge in [-0.2, -0.15) is 5.26 Å². The van der Waals surface area contributed by atoms with E-state index < -0.39 is 10.8 Å². The standard InChI is InChI=1S/C19H17N3O6/c1-19(2)5-12(23)17-15(6-19)28-18(21)10(7-20)16(17)9-3-13-14(27-8-26-13)4-11(9)22(24)25/h3-4,16H,5-6,8,21H2,1-2H3. The normalized spacial score (nSPS) is 22.5. The lowest BCUT2D eigenvalue weighted by molar-refractivity contribution is -0.385. The van der Waals surface area contributed by atoms with Crippen molar-refractivity contribution in [2.75, 3.05) is 6.79 Å². The third-order valence-electron chi connectivity index (χ3n) is 5.11. The molecule has 0 spiro atoms. The highest BCUT2D eigenvalue weighted by molar-refractivity contribution is 6.00. The number of nitrogens with two attached hydrogens (primary N) is 1. The van der Waals surface area contributed by atoms with E-state index in [1.165, 1.54) is 12.1 Å². The van der Waals surface area contributed by atoms with Gasteiger partial charge < -0.3 is 19.9 Å². The SMILES string of the molecule is CC1(C)CC(=O)C2=C(C1)OC(N)=C(C#N)C2c1cc2c(cc1[N+](=O)[O-])OCO2. The smallest absolute Gasteiger partial charge is 0.277 e. The van der Waals surface area contributed by atoms with Crippen LogP contribution in [0, 0.1) is 26.9 Å². The van der Waals surface area contributed by atoms with Crippen LogP contribution in [-0.4, -0.2) is 17.5 Å². The molecule has 1 aromatic carbocycles. The number of carbonyl (C=O) groups is 1. The van der Waals surface area contributed by atoms with Crippen molar-refractivity contribution in [1.29, 1.82) is 5.26 Å². The van der Waals surface area contributed by atoms with Gasteiger partial charge in [0.05, 0.1) is 16.9 Å². The summed E-state index contributed by atoms with van der Waals surface area (Å²) in [7, 11) is 0. The first-order chi connectivity index (χ1) is 13.2. The number of nitriles is 1. The third kappa shape index (κ3) is 2.65. The van der Waals surface area contributed by atoms with Crippen molar-refractivity contribution in [1.82, 2.24) is 0 Å². The molecule has 3 aliphatic rings. The van der Waals surface area contributed by atoms with Gasteiger partial charge in [-0.1, -0.05) is 13.8 Å². The molecule has 0 saturated carbocycles. The van der Waals surface area contributed by atoms with Crippen molar-refractivity contribution in [3.05, 3.63) is 50.6 Å². The number of hydrogen-bond acceptors (Lipinski definition) is 8. The molecule has 28 heavy (non-hydrogen) atoms. The van der Waals surface area contributed by atoms with Crippen LogP contribution in [0.2, 0.25) is 0 Å². The average molecular weight is 383 g/mol. The Morgan fingerprint density at radius 1 is 1.29 bits per heavy atom. The van der Waals surface area contributed by atoms with E-state index in [0.29, 0.717) is 17.9 Å². The van der Waals surface area contributed by atoms with Crippen LogP contribution in [0.1, 0.15) is 38.2 Å². The van der Waals surface area contributed by atoms with Crippen LogP contribution in [0.25, 0.3) is 0 Å². The highest BCUT2D eigenvalue weighted by Crippen LogP contribution is 2.51. The van der Waals surface area contributed by atoms with Crippen LogP contribution in [0.15, 0.2) is 34.9 Å². The number of rotatable bonds is 2. The van der Waals surface area contributed by atoms with Crippen molar-refractivity contribution >= 4 is 11.5 Å². The summed E-state index contributed by atoms with van der Waals surface area (Å²) in [5, 5.41) is 21.4. The lowest BCUT2D eigenvalue weighted by Crippen LogP contribution is -2.33. The van der Waals surface area contributed by atoms with Gasteiger partial charge in [-0.15, -0.1) is 0 Å². The van der Waals surface area contributed by atoms with E-state index in [0.717, 1.165) is 0 Å². The molecule has 0 saturated heterocycles. The number of nitro groups is 1. The molecule has 1 aliphatic carbocycles. The van der Waals surface area contributed by atoms with Gasteiger partial charge in [-0.25, -0.2) is 0 Å². The molecule has 1 atom stereocenters. The Morgan fingerprint density at radius 3 is 2.61 bits per heavy atom. The zero-order valence-corrected chi connectivity index (χ0v) is 15.3. The quantitative estimate of drug-likeness (QED) is 0.608. The van der Waals surface area contributed by atoms with E-state index in [9.17, 15) is 20.2 Å². The number of fused-ring (bicyclic) bond motifs is 1. The minimum Gasteiger partial charge on any atom is -0.454 e. The van der Waals surface area contributed by atoms with Gasteiger partial charge in [0.25, 0.3) is 5.69 Å². The van der Waals surface area contributed by atoms with Gasteiger partial charge in [0.1, 0.15) is 17.4 Å². The number of allylic oxidation sites excluding steroid dienone is 3. The summed E-state index contributed by atoms with van der Waals surface area (Å²) in [4.78, 5) is 24.1. The van der Waals surface area contributed by atoms with Crippen LogP contribution >= 0.6 is 0 Å². The maximum Gasteiger partial charge on any atom is 0.277 e. The van der Waals surface area contributed by atoms with Crippen molar-refractivity contribution in [3.8, 4) is 17.6 Å². The number of ketones is 1. The first kappa shape index (κ1) is 17.9. The lowest BCUT2D eigenvalue weighted by Gasteiger charge is -2.37. The Bertz CT molecular complexity index is 1030. The fraction of sp³-hybridized carbons (Fsp3) is 0.368. The van der Waals surface area contributed by atoms with Gasteiger partial charge in [0.15, 0.2) is 17.3 Å². The molecule has 4 rings (SSSR count). The summed E-state index contributed by atoms with van der Waals surface area (Å²) in [6, 6.07) is 4.65. The van der Waals surface area contributed by atoms with Crippen LogP contribution in [0.4, 0.5) is 5.69 Å². The number of nitrogens with zero attached hydrogens (tertiary/aromatic N) is 2. The Kier molecular flexibility index (Phi) is 3.82. The monoisotopic (exact) mass is 383 g/mol. The fourth-order valence-corrected chi connectivity index (χ4v) is 3.93. The maximum atomic E-state index is 13.0. The summed E-state index contributed by atoms with van der Waals surface area (Å²) < 4.78 is 16.2. The minimum absolute atomic E-state index is 0.0335. The molecule has 0 fully saturated rings. The number of ether oxygens (including phenoxy) is 3. The Hall–Kier alpha value is -3.54. The van der Waals surface area contributed by atoms with Crippen LogP contribution < -0.4 is 15.2 Å². The molecule has 2 N–H and O–H groups in total. The van der Waals surface area contributed by atoms with E-state index in [2.05, 4.69) is 0 Å². The maximum absolute atomic E-state index is 13.0. The largest absolute Gasteiger partial charge is 0.454 e. The fourth-order valence-electron chi connectivity index (χ4n) is 3.93. The van der Waals surface area contributed by atoms with E-state index >= 15 is 0 Å². The van der Waals surface area contributed by atoms with Gasteiger partial charge in [0, 0.05) is 24.0 Å². The van der Waals surface area contributed by atoms with Crippen molar-refractivity contribution in [2.24, 2.45) is 11.1 Å². The molecule has 2 aliphatic heterocycles. The molecule has 0 radical (unpaired) electrons.